The maximum atomic E-state index is 14.2. The van der Waals surface area contributed by atoms with Crippen LogP contribution in [0.5, 0.6) is 5.75 Å². The van der Waals surface area contributed by atoms with Crippen LogP contribution in [-0.4, -0.2) is 27.4 Å². The molecule has 0 spiro atoms. The van der Waals surface area contributed by atoms with Crippen molar-refractivity contribution in [2.75, 3.05) is 4.90 Å². The van der Waals surface area contributed by atoms with Crippen molar-refractivity contribution in [2.45, 2.75) is 43.0 Å². The third-order valence-corrected chi connectivity index (χ3v) is 4.65. The van der Waals surface area contributed by atoms with Crippen molar-refractivity contribution in [3.05, 3.63) is 28.1 Å². The SMILES string of the molecule is O=[N+]([O-])c1cc(F)c(N2[C@@H]3CC[C@H]2CC(S)C3)cc1O. The largest absolute Gasteiger partial charge is 0.502 e. The number of fused-ring (bicyclic) bond motifs is 2. The van der Waals surface area contributed by atoms with Gasteiger partial charge >= 0.3 is 5.69 Å². The molecule has 1 unspecified atom stereocenters. The minimum absolute atomic E-state index is 0.201. The number of benzene rings is 1. The molecule has 5 nitrogen and oxygen atoms in total. The predicted molar refractivity (Wildman–Crippen MR) is 76.0 cm³/mol. The van der Waals surface area contributed by atoms with Gasteiger partial charge in [-0.3, -0.25) is 10.1 Å². The van der Waals surface area contributed by atoms with Gasteiger partial charge in [0.25, 0.3) is 0 Å². The maximum Gasteiger partial charge on any atom is 0.313 e. The van der Waals surface area contributed by atoms with Crippen LogP contribution < -0.4 is 4.90 Å². The number of nitro benzene ring substituents is 1. The number of hydrogen-bond acceptors (Lipinski definition) is 5. The number of hydrogen-bond donors (Lipinski definition) is 2. The summed E-state index contributed by atoms with van der Waals surface area (Å²) < 4.78 is 14.2. The van der Waals surface area contributed by atoms with Crippen LogP contribution in [0.2, 0.25) is 0 Å². The molecule has 7 heteroatoms. The van der Waals surface area contributed by atoms with Crippen molar-refractivity contribution in [3.8, 4) is 5.75 Å². The molecule has 3 atom stereocenters. The van der Waals surface area contributed by atoms with E-state index in [1.807, 2.05) is 4.90 Å². The van der Waals surface area contributed by atoms with Crippen LogP contribution >= 0.6 is 12.6 Å². The minimum Gasteiger partial charge on any atom is -0.502 e. The number of nitro groups is 1. The Kier molecular flexibility index (Phi) is 3.24. The molecule has 1 aromatic rings. The summed E-state index contributed by atoms with van der Waals surface area (Å²) in [5, 5.41) is 20.7. The van der Waals surface area contributed by atoms with E-state index >= 15 is 0 Å². The van der Waals surface area contributed by atoms with Gasteiger partial charge < -0.3 is 10.0 Å². The van der Waals surface area contributed by atoms with E-state index in [4.69, 9.17) is 0 Å². The van der Waals surface area contributed by atoms with E-state index in [-0.39, 0.29) is 17.8 Å². The van der Waals surface area contributed by atoms with Gasteiger partial charge in [-0.2, -0.15) is 12.6 Å². The van der Waals surface area contributed by atoms with Crippen molar-refractivity contribution in [2.24, 2.45) is 0 Å². The number of halogens is 1. The number of phenols is 1. The second-order valence-electron chi connectivity index (χ2n) is 5.47. The molecule has 108 valence electrons. The van der Waals surface area contributed by atoms with E-state index in [1.54, 1.807) is 0 Å². The Morgan fingerprint density at radius 1 is 1.35 bits per heavy atom. The number of aromatic hydroxyl groups is 1. The molecule has 2 saturated heterocycles. The van der Waals surface area contributed by atoms with Crippen LogP contribution in [0.4, 0.5) is 15.8 Å². The maximum absolute atomic E-state index is 14.2. The summed E-state index contributed by atoms with van der Waals surface area (Å²) in [7, 11) is 0. The molecule has 0 saturated carbocycles. The van der Waals surface area contributed by atoms with Crippen LogP contribution in [0, 0.1) is 15.9 Å². The molecular weight excluding hydrogens is 283 g/mol. The third kappa shape index (κ3) is 2.09. The lowest BCUT2D eigenvalue weighted by Crippen LogP contribution is -2.43. The van der Waals surface area contributed by atoms with Gasteiger partial charge in [-0.15, -0.1) is 0 Å². The van der Waals surface area contributed by atoms with Crippen LogP contribution in [-0.2, 0) is 0 Å². The highest BCUT2D eigenvalue weighted by atomic mass is 32.1. The molecule has 0 amide bonds. The number of phenolic OH excluding ortho intramolecular Hbond substituents is 1. The van der Waals surface area contributed by atoms with Crippen LogP contribution in [0.1, 0.15) is 25.7 Å². The molecule has 2 bridgehead atoms. The first-order chi connectivity index (χ1) is 9.47. The van der Waals surface area contributed by atoms with E-state index in [2.05, 4.69) is 12.6 Å². The Bertz CT molecular complexity index is 555. The Morgan fingerprint density at radius 3 is 2.50 bits per heavy atom. The smallest absolute Gasteiger partial charge is 0.313 e. The summed E-state index contributed by atoms with van der Waals surface area (Å²) in [5.74, 6) is -1.14. The summed E-state index contributed by atoms with van der Waals surface area (Å²) in [6, 6.07) is 2.38. The molecule has 3 rings (SSSR count). The van der Waals surface area contributed by atoms with Gasteiger partial charge in [-0.1, -0.05) is 0 Å². The third-order valence-electron chi connectivity index (χ3n) is 4.23. The molecule has 1 N–H and O–H groups in total. The van der Waals surface area contributed by atoms with Crippen LogP contribution in [0.15, 0.2) is 12.1 Å². The molecular formula is C13H15FN2O3S. The summed E-state index contributed by atoms with van der Waals surface area (Å²) in [4.78, 5) is 11.9. The summed E-state index contributed by atoms with van der Waals surface area (Å²) >= 11 is 4.50. The molecule has 0 radical (unpaired) electrons. The van der Waals surface area contributed by atoms with Gasteiger partial charge in [0.15, 0.2) is 11.6 Å². The van der Waals surface area contributed by atoms with Crippen molar-refractivity contribution in [3.63, 3.8) is 0 Å². The van der Waals surface area contributed by atoms with E-state index in [9.17, 15) is 19.6 Å². The standard InChI is InChI=1S/C13H15FN2O3S/c14-10-5-12(16(18)19)13(17)6-11(10)15-7-1-2-8(15)4-9(20)3-7/h5-9,17,20H,1-4H2/t7-,8+,9?. The fourth-order valence-electron chi connectivity index (χ4n) is 3.43. The lowest BCUT2D eigenvalue weighted by Gasteiger charge is -2.39. The second kappa shape index (κ2) is 4.80. The first-order valence-corrected chi connectivity index (χ1v) is 7.12. The summed E-state index contributed by atoms with van der Waals surface area (Å²) in [6.45, 7) is 0. The molecule has 0 aliphatic carbocycles. The molecule has 2 aliphatic rings. The van der Waals surface area contributed by atoms with Crippen molar-refractivity contribution >= 4 is 24.0 Å². The quantitative estimate of drug-likeness (QED) is 0.500. The number of anilines is 1. The first-order valence-electron chi connectivity index (χ1n) is 6.60. The second-order valence-corrected chi connectivity index (χ2v) is 6.20. The van der Waals surface area contributed by atoms with Crippen molar-refractivity contribution < 1.29 is 14.4 Å². The Labute approximate surface area is 121 Å². The lowest BCUT2D eigenvalue weighted by molar-refractivity contribution is -0.386. The van der Waals surface area contributed by atoms with Crippen LogP contribution in [0.3, 0.4) is 0 Å². The fraction of sp³-hybridized carbons (Fsp3) is 0.538. The van der Waals surface area contributed by atoms with Crippen molar-refractivity contribution in [1.82, 2.24) is 0 Å². The highest BCUT2D eigenvalue weighted by Gasteiger charge is 2.41. The minimum atomic E-state index is -0.781. The monoisotopic (exact) mass is 298 g/mol. The molecule has 2 fully saturated rings. The fourth-order valence-corrected chi connectivity index (χ4v) is 3.91. The normalized spacial score (nSPS) is 28.7. The van der Waals surface area contributed by atoms with Gasteiger partial charge in [0, 0.05) is 23.4 Å². The van der Waals surface area contributed by atoms with Gasteiger partial charge in [0.2, 0.25) is 0 Å². The van der Waals surface area contributed by atoms with Gasteiger partial charge in [-0.25, -0.2) is 4.39 Å². The van der Waals surface area contributed by atoms with Crippen LogP contribution in [0.25, 0.3) is 0 Å². The van der Waals surface area contributed by atoms with E-state index < -0.39 is 22.2 Å². The number of nitrogens with zero attached hydrogens (tertiary/aromatic N) is 2. The number of rotatable bonds is 2. The molecule has 1 aromatic carbocycles. The molecule has 20 heavy (non-hydrogen) atoms. The Hall–Kier alpha value is -1.50. The average Bonchev–Trinajstić information content (AvgIpc) is 2.63. The predicted octanol–water partition coefficient (Wildman–Crippen LogP) is 2.87. The summed E-state index contributed by atoms with van der Waals surface area (Å²) in [5.41, 5.74) is -0.330. The van der Waals surface area contributed by atoms with Gasteiger partial charge in [0.05, 0.1) is 16.7 Å². The number of thiol groups is 1. The van der Waals surface area contributed by atoms with Crippen molar-refractivity contribution in [1.29, 1.82) is 0 Å². The zero-order valence-electron chi connectivity index (χ0n) is 10.7. The number of piperidine rings is 1. The van der Waals surface area contributed by atoms with Gasteiger partial charge in [-0.05, 0) is 25.7 Å². The zero-order valence-corrected chi connectivity index (χ0v) is 11.6. The lowest BCUT2D eigenvalue weighted by atomic mass is 10.0. The topological polar surface area (TPSA) is 66.6 Å². The zero-order chi connectivity index (χ0) is 14.4. The Morgan fingerprint density at radius 2 is 1.95 bits per heavy atom. The molecule has 2 aliphatic heterocycles. The molecule has 2 heterocycles. The first kappa shape index (κ1) is 13.5. The Balaban J connectivity index is 1.99. The molecule has 0 aromatic heterocycles. The summed E-state index contributed by atoms with van der Waals surface area (Å²) in [6.07, 6.45) is 3.69. The highest BCUT2D eigenvalue weighted by molar-refractivity contribution is 7.80. The van der Waals surface area contributed by atoms with E-state index in [0.717, 1.165) is 31.7 Å². The van der Waals surface area contributed by atoms with E-state index in [0.29, 0.717) is 5.25 Å². The average molecular weight is 298 g/mol. The van der Waals surface area contributed by atoms with E-state index in [1.165, 1.54) is 6.07 Å². The van der Waals surface area contributed by atoms with Gasteiger partial charge in [0.1, 0.15) is 0 Å². The highest BCUT2D eigenvalue weighted by Crippen LogP contribution is 2.43.